The molecule has 7 N–H and O–H groups in total. The molecule has 0 amide bonds. The van der Waals surface area contributed by atoms with E-state index in [0.29, 0.717) is 0 Å². The number of carboxylic acid groups (broad SMARTS) is 2. The summed E-state index contributed by atoms with van der Waals surface area (Å²) in [5, 5.41) is 13.9. The summed E-state index contributed by atoms with van der Waals surface area (Å²) in [4.78, 5) is 8.56. The van der Waals surface area contributed by atoms with Crippen molar-refractivity contribution >= 4 is 66.9 Å². The molecule has 0 heterocycles. The van der Waals surface area contributed by atoms with Crippen LogP contribution in [0.2, 0.25) is 0 Å². The Kier molecular flexibility index (Phi) is 105. The van der Waals surface area contributed by atoms with Crippen LogP contribution < -0.4 is 6.15 Å². The van der Waals surface area contributed by atoms with Crippen molar-refractivity contribution in [1.29, 1.82) is 0 Å². The van der Waals surface area contributed by atoms with Crippen LogP contribution in [0.1, 0.15) is 5.71 Å². The monoisotopic (exact) mass is 165 g/mol. The van der Waals surface area contributed by atoms with Crippen LogP contribution in [0.15, 0.2) is 0 Å². The molecule has 0 aliphatic carbocycles. The van der Waals surface area contributed by atoms with Gasteiger partial charge in [0.15, 0.2) is 0 Å². The molecule has 48 valence electrons. The molecule has 0 saturated heterocycles. The molecule has 0 atom stereocenters. The largest absolute Gasteiger partial charge is 2.00 e. The van der Waals surface area contributed by atoms with Gasteiger partial charge in [0, 0.05) is 0 Å². The Balaban J connectivity index is -0.00000000161. The Morgan fingerprint density at radius 1 is 1.38 bits per heavy atom. The minimum absolute atomic E-state index is 0. The average Bonchev–Trinajstić information content (AvgIpc) is 0.811. The second-order valence-electron chi connectivity index (χ2n) is 0.283. The van der Waals surface area contributed by atoms with Gasteiger partial charge in [-0.3, -0.25) is 0 Å². The first kappa shape index (κ1) is 35.0. The van der Waals surface area contributed by atoms with E-state index in [1.165, 1.54) is 0 Å². The molecule has 5 nitrogen and oxygen atoms in total. The molecule has 0 rings (SSSR count). The van der Waals surface area contributed by atoms with Crippen molar-refractivity contribution in [2.24, 2.45) is 0 Å². The summed E-state index contributed by atoms with van der Waals surface area (Å²) in [7, 11) is 0. The van der Waals surface area contributed by atoms with Crippen LogP contribution in [-0.2, 0) is 0 Å². The normalized spacial score (nSPS) is 3.00. The SMILES string of the molecule is N.O.O=C(O)O.[Ca+2].[H-].[H-].[H-].[H-].[Mg+2]. The zero-order valence-corrected chi connectivity index (χ0v) is 8.05. The van der Waals surface area contributed by atoms with E-state index in [9.17, 15) is 0 Å². The summed E-state index contributed by atoms with van der Waals surface area (Å²) in [6, 6.07) is 0. The molecular weight excluding hydrogens is 154 g/mol. The van der Waals surface area contributed by atoms with E-state index in [4.69, 9.17) is 15.0 Å². The Morgan fingerprint density at radius 3 is 1.38 bits per heavy atom. The maximum absolute atomic E-state index is 8.56. The topological polar surface area (TPSA) is 124 Å². The van der Waals surface area contributed by atoms with E-state index in [-0.39, 0.29) is 78.1 Å². The van der Waals surface area contributed by atoms with Crippen LogP contribution in [0, 0.1) is 0 Å². The van der Waals surface area contributed by atoms with Gasteiger partial charge in [0.2, 0.25) is 0 Å². The van der Waals surface area contributed by atoms with E-state index in [1.54, 1.807) is 0 Å². The Morgan fingerprint density at radius 2 is 1.38 bits per heavy atom. The van der Waals surface area contributed by atoms with Crippen molar-refractivity contribution < 1.29 is 26.2 Å². The Hall–Kier alpha value is 1.22. The first-order valence-electron chi connectivity index (χ1n) is 0.651. The molecule has 0 bridgehead atoms. The summed E-state index contributed by atoms with van der Waals surface area (Å²) >= 11 is 0. The fourth-order valence-electron chi connectivity index (χ4n) is 0. The molecule has 0 aromatic rings. The third-order valence-corrected chi connectivity index (χ3v) is 0. The second kappa shape index (κ2) is 24.1. The maximum Gasteiger partial charge on any atom is 2.00 e. The zero-order valence-electron chi connectivity index (χ0n) is 8.42. The molecule has 0 unspecified atom stereocenters. The minimum Gasteiger partial charge on any atom is -1.00 e. The van der Waals surface area contributed by atoms with Crippen LogP contribution in [0.25, 0.3) is 0 Å². The van der Waals surface area contributed by atoms with E-state index >= 15 is 0 Å². The fourth-order valence-corrected chi connectivity index (χ4v) is 0. The predicted molar refractivity (Wildman–Crippen MR) is 35.2 cm³/mol. The van der Waals surface area contributed by atoms with Crippen LogP contribution in [0.4, 0.5) is 4.79 Å². The van der Waals surface area contributed by atoms with Crippen molar-refractivity contribution in [2.45, 2.75) is 0 Å². The second-order valence-corrected chi connectivity index (χ2v) is 0.283. The quantitative estimate of drug-likeness (QED) is 0.408. The van der Waals surface area contributed by atoms with Gasteiger partial charge in [-0.05, 0) is 0 Å². The standard InChI is InChI=1S/CH2O3.Ca.Mg.H3N.H2O.4H/c2-1(3)4;;;;;;;;/h(H2,2,3,4);;;1H3;1H2;;;;/q;2*+2;;;4*-1. The van der Waals surface area contributed by atoms with E-state index in [2.05, 4.69) is 0 Å². The summed E-state index contributed by atoms with van der Waals surface area (Å²) in [5.74, 6) is 0. The predicted octanol–water partition coefficient (Wildman–Crippen LogP) is -0.752. The summed E-state index contributed by atoms with van der Waals surface area (Å²) in [6.07, 6.45) is -1.83. The van der Waals surface area contributed by atoms with Gasteiger partial charge in [0.1, 0.15) is 0 Å². The molecular formula is CH11CaMgNO4. The molecule has 0 aliphatic rings. The molecule has 0 spiro atoms. The van der Waals surface area contributed by atoms with Crippen molar-refractivity contribution in [1.82, 2.24) is 6.15 Å². The van der Waals surface area contributed by atoms with E-state index < -0.39 is 6.16 Å². The minimum atomic E-state index is -1.83. The average molecular weight is 165 g/mol. The van der Waals surface area contributed by atoms with Gasteiger partial charge in [-0.15, -0.1) is 0 Å². The van der Waals surface area contributed by atoms with Crippen LogP contribution in [-0.4, -0.2) is 82.6 Å². The maximum atomic E-state index is 8.56. The molecule has 8 heavy (non-hydrogen) atoms. The summed E-state index contributed by atoms with van der Waals surface area (Å²) in [6.45, 7) is 0. The fraction of sp³-hybridized carbons (Fsp3) is 0. The van der Waals surface area contributed by atoms with Gasteiger partial charge < -0.3 is 27.5 Å². The molecule has 0 saturated carbocycles. The van der Waals surface area contributed by atoms with Crippen molar-refractivity contribution in [3.8, 4) is 0 Å². The van der Waals surface area contributed by atoms with Gasteiger partial charge in [-0.1, -0.05) is 0 Å². The van der Waals surface area contributed by atoms with Crippen LogP contribution >= 0.6 is 0 Å². The molecule has 0 aromatic heterocycles. The molecule has 0 fully saturated rings. The number of carbonyl (C=O) groups is 1. The summed E-state index contributed by atoms with van der Waals surface area (Å²) in [5.41, 5.74) is 0. The van der Waals surface area contributed by atoms with Crippen molar-refractivity contribution in [3.05, 3.63) is 0 Å². The first-order valence-corrected chi connectivity index (χ1v) is 0.651. The number of hydrogen-bond acceptors (Lipinski definition) is 2. The smallest absolute Gasteiger partial charge is 1.00 e. The molecule has 0 radical (unpaired) electrons. The third kappa shape index (κ3) is 189. The van der Waals surface area contributed by atoms with E-state index in [1.807, 2.05) is 0 Å². The van der Waals surface area contributed by atoms with Gasteiger partial charge in [0.25, 0.3) is 0 Å². The van der Waals surface area contributed by atoms with Gasteiger partial charge in [0.05, 0.1) is 0 Å². The van der Waals surface area contributed by atoms with Gasteiger partial charge >= 0.3 is 66.9 Å². The molecule has 7 heteroatoms. The van der Waals surface area contributed by atoms with E-state index in [0.717, 1.165) is 0 Å². The van der Waals surface area contributed by atoms with Gasteiger partial charge in [-0.25, -0.2) is 4.79 Å². The number of hydrogen-bond donors (Lipinski definition) is 3. The molecule has 0 aliphatic heterocycles. The summed E-state index contributed by atoms with van der Waals surface area (Å²) < 4.78 is 0. The third-order valence-electron chi connectivity index (χ3n) is 0. The Labute approximate surface area is 98.4 Å². The van der Waals surface area contributed by atoms with Crippen LogP contribution in [0.3, 0.4) is 0 Å². The number of rotatable bonds is 0. The van der Waals surface area contributed by atoms with Crippen LogP contribution in [0.5, 0.6) is 0 Å². The van der Waals surface area contributed by atoms with Gasteiger partial charge in [-0.2, -0.15) is 0 Å². The zero-order chi connectivity index (χ0) is 3.58. The van der Waals surface area contributed by atoms with Crippen molar-refractivity contribution in [3.63, 3.8) is 0 Å². The Bertz CT molecular complexity index is 50.0. The first-order chi connectivity index (χ1) is 1.73. The van der Waals surface area contributed by atoms with Crippen molar-refractivity contribution in [2.75, 3.05) is 0 Å². The molecule has 0 aromatic carbocycles.